The number of nitro groups is 1. The number of hydrogen-bond donors (Lipinski definition) is 1. The Morgan fingerprint density at radius 2 is 1.76 bits per heavy atom. The van der Waals surface area contributed by atoms with Gasteiger partial charge in [-0.15, -0.1) is 0 Å². The number of benzene rings is 2. The smallest absolute Gasteiger partial charge is 0.338 e. The highest BCUT2D eigenvalue weighted by Crippen LogP contribution is 2.14. The summed E-state index contributed by atoms with van der Waals surface area (Å²) in [6.07, 6.45) is 0. The molecule has 1 N–H and O–H groups in total. The first kappa shape index (κ1) is 17.8. The first-order valence-electron chi connectivity index (χ1n) is 7.19. The van der Waals surface area contributed by atoms with Crippen LogP contribution in [0.15, 0.2) is 48.5 Å². The SMILES string of the molecule is CC(=O)Nc1ccc(C(=O)OCC(=O)c2cccc([N+](=O)[O-])c2)cc1. The van der Waals surface area contributed by atoms with E-state index in [9.17, 15) is 24.5 Å². The van der Waals surface area contributed by atoms with Gasteiger partial charge in [-0.3, -0.25) is 19.7 Å². The van der Waals surface area contributed by atoms with Gasteiger partial charge in [-0.2, -0.15) is 0 Å². The highest BCUT2D eigenvalue weighted by molar-refractivity contribution is 6.00. The Morgan fingerprint density at radius 1 is 1.08 bits per heavy atom. The summed E-state index contributed by atoms with van der Waals surface area (Å²) in [5.41, 5.74) is 0.603. The van der Waals surface area contributed by atoms with Gasteiger partial charge in [-0.1, -0.05) is 12.1 Å². The first-order valence-corrected chi connectivity index (χ1v) is 7.19. The highest BCUT2D eigenvalue weighted by atomic mass is 16.6. The van der Waals surface area contributed by atoms with Crippen molar-refractivity contribution in [2.24, 2.45) is 0 Å². The average Bonchev–Trinajstić information content (AvgIpc) is 2.59. The lowest BCUT2D eigenvalue weighted by atomic mass is 10.1. The monoisotopic (exact) mass is 342 g/mol. The molecule has 0 fully saturated rings. The van der Waals surface area contributed by atoms with E-state index in [4.69, 9.17) is 4.74 Å². The Kier molecular flexibility index (Phi) is 5.57. The van der Waals surface area contributed by atoms with Crippen LogP contribution < -0.4 is 5.32 Å². The first-order chi connectivity index (χ1) is 11.9. The number of rotatable bonds is 6. The second kappa shape index (κ2) is 7.82. The third-order valence-electron chi connectivity index (χ3n) is 3.15. The van der Waals surface area contributed by atoms with Gasteiger partial charge in [0.25, 0.3) is 5.69 Å². The molecule has 25 heavy (non-hydrogen) atoms. The fourth-order valence-corrected chi connectivity index (χ4v) is 1.98. The number of esters is 1. The summed E-state index contributed by atoms with van der Waals surface area (Å²) in [6, 6.07) is 11.1. The van der Waals surface area contributed by atoms with Gasteiger partial charge >= 0.3 is 5.97 Å². The van der Waals surface area contributed by atoms with Gasteiger partial charge in [0, 0.05) is 30.3 Å². The minimum absolute atomic E-state index is 0.0861. The van der Waals surface area contributed by atoms with Crippen molar-refractivity contribution in [1.29, 1.82) is 0 Å². The molecule has 0 saturated heterocycles. The lowest BCUT2D eigenvalue weighted by Crippen LogP contribution is -2.14. The second-order valence-corrected chi connectivity index (χ2v) is 5.07. The van der Waals surface area contributed by atoms with Crippen molar-refractivity contribution in [3.05, 3.63) is 69.8 Å². The van der Waals surface area contributed by atoms with E-state index in [0.29, 0.717) is 5.69 Å². The van der Waals surface area contributed by atoms with Crippen LogP contribution in [0.25, 0.3) is 0 Å². The molecule has 128 valence electrons. The number of carbonyl (C=O) groups excluding carboxylic acids is 3. The zero-order chi connectivity index (χ0) is 18.4. The third kappa shape index (κ3) is 4.96. The van der Waals surface area contributed by atoms with E-state index in [2.05, 4.69) is 5.32 Å². The molecule has 8 heteroatoms. The molecular formula is C17H14N2O6. The molecule has 2 rings (SSSR count). The van der Waals surface area contributed by atoms with Crippen molar-refractivity contribution in [2.75, 3.05) is 11.9 Å². The number of carbonyl (C=O) groups is 3. The molecule has 0 aliphatic rings. The number of ketones is 1. The van der Waals surface area contributed by atoms with E-state index in [0.717, 1.165) is 6.07 Å². The van der Waals surface area contributed by atoms with Crippen LogP contribution in [-0.4, -0.2) is 29.2 Å². The van der Waals surface area contributed by atoms with Crippen LogP contribution in [0, 0.1) is 10.1 Å². The van der Waals surface area contributed by atoms with Crippen LogP contribution >= 0.6 is 0 Å². The maximum Gasteiger partial charge on any atom is 0.338 e. The number of amides is 1. The average molecular weight is 342 g/mol. The number of nitrogens with zero attached hydrogens (tertiary/aromatic N) is 1. The summed E-state index contributed by atoms with van der Waals surface area (Å²) in [5, 5.41) is 13.3. The molecule has 1 amide bonds. The predicted molar refractivity (Wildman–Crippen MR) is 88.5 cm³/mol. The molecule has 0 unspecified atom stereocenters. The van der Waals surface area contributed by atoms with Crippen LogP contribution in [-0.2, 0) is 9.53 Å². The second-order valence-electron chi connectivity index (χ2n) is 5.07. The maximum atomic E-state index is 12.0. The molecule has 0 aromatic heterocycles. The molecule has 0 bridgehead atoms. The van der Waals surface area contributed by atoms with E-state index in [1.54, 1.807) is 0 Å². The van der Waals surface area contributed by atoms with E-state index in [1.165, 1.54) is 49.4 Å². The van der Waals surface area contributed by atoms with Gasteiger partial charge in [-0.25, -0.2) is 4.79 Å². The van der Waals surface area contributed by atoms with Crippen molar-refractivity contribution < 1.29 is 24.0 Å². The lowest BCUT2D eigenvalue weighted by molar-refractivity contribution is -0.384. The zero-order valence-corrected chi connectivity index (χ0v) is 13.2. The van der Waals surface area contributed by atoms with Crippen LogP contribution in [0.5, 0.6) is 0 Å². The van der Waals surface area contributed by atoms with Crippen molar-refractivity contribution in [3.8, 4) is 0 Å². The van der Waals surface area contributed by atoms with Crippen molar-refractivity contribution in [2.45, 2.75) is 6.92 Å². The molecule has 0 radical (unpaired) electrons. The van der Waals surface area contributed by atoms with E-state index >= 15 is 0 Å². The Hall–Kier alpha value is -3.55. The van der Waals surface area contributed by atoms with E-state index < -0.39 is 23.3 Å². The highest BCUT2D eigenvalue weighted by Gasteiger charge is 2.14. The normalized spacial score (nSPS) is 9.96. The van der Waals surface area contributed by atoms with Gasteiger partial charge in [0.15, 0.2) is 6.61 Å². The van der Waals surface area contributed by atoms with Crippen LogP contribution in [0.3, 0.4) is 0 Å². The minimum atomic E-state index is -0.715. The quantitative estimate of drug-likeness (QED) is 0.373. The summed E-state index contributed by atoms with van der Waals surface area (Å²) in [5.74, 6) is -1.50. The minimum Gasteiger partial charge on any atom is -0.454 e. The number of hydrogen-bond acceptors (Lipinski definition) is 6. The van der Waals surface area contributed by atoms with Crippen LogP contribution in [0.4, 0.5) is 11.4 Å². The van der Waals surface area contributed by atoms with Crippen molar-refractivity contribution in [1.82, 2.24) is 0 Å². The maximum absolute atomic E-state index is 12.0. The third-order valence-corrected chi connectivity index (χ3v) is 3.15. The molecule has 2 aromatic rings. The lowest BCUT2D eigenvalue weighted by Gasteiger charge is -2.06. The Labute approximate surface area is 142 Å². The standard InChI is InChI=1S/C17H14N2O6/c1-11(20)18-14-7-5-12(6-8-14)17(22)25-10-16(21)13-3-2-4-15(9-13)19(23)24/h2-9H,10H2,1H3,(H,18,20). The Bertz CT molecular complexity index is 829. The zero-order valence-electron chi connectivity index (χ0n) is 13.2. The van der Waals surface area contributed by atoms with E-state index in [-0.39, 0.29) is 22.7 Å². The van der Waals surface area contributed by atoms with Crippen LogP contribution in [0.1, 0.15) is 27.6 Å². The molecule has 0 heterocycles. The predicted octanol–water partition coefficient (Wildman–Crippen LogP) is 2.59. The number of ether oxygens (including phenoxy) is 1. The molecule has 2 aromatic carbocycles. The van der Waals surface area contributed by atoms with Gasteiger partial charge in [0.2, 0.25) is 11.7 Å². The molecule has 0 aliphatic carbocycles. The summed E-state index contributed by atoms with van der Waals surface area (Å²) in [4.78, 5) is 44.9. The Morgan fingerprint density at radius 3 is 2.36 bits per heavy atom. The molecular weight excluding hydrogens is 328 g/mol. The molecule has 0 spiro atoms. The molecule has 0 saturated carbocycles. The Balaban J connectivity index is 1.97. The topological polar surface area (TPSA) is 116 Å². The van der Waals surface area contributed by atoms with E-state index in [1.807, 2.05) is 0 Å². The van der Waals surface area contributed by atoms with Crippen molar-refractivity contribution in [3.63, 3.8) is 0 Å². The number of nitro benzene ring substituents is 1. The largest absolute Gasteiger partial charge is 0.454 e. The van der Waals surface area contributed by atoms with Gasteiger partial charge in [0.1, 0.15) is 0 Å². The number of Topliss-reactive ketones (excluding diaryl/α,β-unsaturated/α-hetero) is 1. The summed E-state index contributed by atoms with van der Waals surface area (Å²) in [7, 11) is 0. The molecule has 0 aliphatic heterocycles. The van der Waals surface area contributed by atoms with Gasteiger partial charge < -0.3 is 10.1 Å². The van der Waals surface area contributed by atoms with Crippen LogP contribution in [0.2, 0.25) is 0 Å². The fraction of sp³-hybridized carbons (Fsp3) is 0.118. The molecule has 8 nitrogen and oxygen atoms in total. The summed E-state index contributed by atoms with van der Waals surface area (Å²) in [6.45, 7) is 0.829. The summed E-state index contributed by atoms with van der Waals surface area (Å²) >= 11 is 0. The fourth-order valence-electron chi connectivity index (χ4n) is 1.98. The number of anilines is 1. The summed E-state index contributed by atoms with van der Waals surface area (Å²) < 4.78 is 4.92. The molecule has 0 atom stereocenters. The number of non-ortho nitro benzene ring substituents is 1. The van der Waals surface area contributed by atoms with Crippen molar-refractivity contribution >= 4 is 29.0 Å². The number of nitrogens with one attached hydrogen (secondary N) is 1. The van der Waals surface area contributed by atoms with Gasteiger partial charge in [-0.05, 0) is 24.3 Å². The van der Waals surface area contributed by atoms with Gasteiger partial charge in [0.05, 0.1) is 10.5 Å².